The monoisotopic (exact) mass is 384 g/mol. The van der Waals surface area contributed by atoms with Gasteiger partial charge in [-0.2, -0.15) is 0 Å². The summed E-state index contributed by atoms with van der Waals surface area (Å²) in [6.45, 7) is 12.0. The molecule has 0 bridgehead atoms. The quantitative estimate of drug-likeness (QED) is 0.725. The van der Waals surface area contributed by atoms with Gasteiger partial charge in [-0.15, -0.1) is 0 Å². The fourth-order valence-electron chi connectivity index (χ4n) is 7.92. The molecule has 1 aliphatic heterocycles. The molecule has 5 rings (SSSR count). The Morgan fingerprint density at radius 1 is 1.14 bits per heavy atom. The molecule has 4 fully saturated rings. The number of allylic oxidation sites excluding steroid dienone is 2. The molecule has 8 atom stereocenters. The Bertz CT molecular complexity index is 765. The molecule has 4 aliphatic carbocycles. The van der Waals surface area contributed by atoms with Crippen LogP contribution in [0.15, 0.2) is 11.8 Å². The van der Waals surface area contributed by atoms with Crippen molar-refractivity contribution in [2.75, 3.05) is 6.54 Å². The van der Waals surface area contributed by atoms with Gasteiger partial charge in [0.25, 0.3) is 0 Å². The Morgan fingerprint density at radius 2 is 1.89 bits per heavy atom. The van der Waals surface area contributed by atoms with Gasteiger partial charge >= 0.3 is 0 Å². The molecule has 0 radical (unpaired) electrons. The first-order valence-electron chi connectivity index (χ1n) is 11.4. The number of hydrogen-bond acceptors (Lipinski definition) is 3. The number of hydrogen-bond donors (Lipinski definition) is 2. The third kappa shape index (κ3) is 2.42. The van der Waals surface area contributed by atoms with Gasteiger partial charge in [-0.3, -0.25) is 9.59 Å². The molecular formula is C24H36N2O2. The van der Waals surface area contributed by atoms with Crippen molar-refractivity contribution in [1.82, 2.24) is 10.6 Å². The number of rotatable bonds is 1. The van der Waals surface area contributed by atoms with Crippen molar-refractivity contribution in [2.45, 2.75) is 72.3 Å². The van der Waals surface area contributed by atoms with E-state index in [0.29, 0.717) is 29.5 Å². The topological polar surface area (TPSA) is 58.2 Å². The van der Waals surface area contributed by atoms with Crippen LogP contribution in [-0.2, 0) is 9.59 Å². The van der Waals surface area contributed by atoms with Crippen molar-refractivity contribution in [3.05, 3.63) is 11.8 Å². The molecule has 1 amide bonds. The fourth-order valence-corrected chi connectivity index (χ4v) is 7.92. The van der Waals surface area contributed by atoms with Crippen LogP contribution in [0.2, 0.25) is 0 Å². The van der Waals surface area contributed by atoms with Crippen molar-refractivity contribution in [1.29, 1.82) is 0 Å². The highest BCUT2D eigenvalue weighted by atomic mass is 16.2. The van der Waals surface area contributed by atoms with Crippen LogP contribution in [0.25, 0.3) is 0 Å². The summed E-state index contributed by atoms with van der Waals surface area (Å²) in [5, 5.41) is 6.96. The van der Waals surface area contributed by atoms with Gasteiger partial charge in [-0.1, -0.05) is 13.8 Å². The molecule has 2 unspecified atom stereocenters. The third-order valence-electron chi connectivity index (χ3n) is 9.34. The van der Waals surface area contributed by atoms with Gasteiger partial charge in [0.1, 0.15) is 0 Å². The maximum Gasteiger partial charge on any atom is 0.224 e. The molecule has 5 aliphatic rings. The number of piperidine rings is 1. The zero-order valence-electron chi connectivity index (χ0n) is 18.1. The smallest absolute Gasteiger partial charge is 0.224 e. The lowest BCUT2D eigenvalue weighted by Gasteiger charge is -2.58. The van der Waals surface area contributed by atoms with E-state index in [-0.39, 0.29) is 34.1 Å². The van der Waals surface area contributed by atoms with Crippen LogP contribution in [0.5, 0.6) is 0 Å². The molecule has 28 heavy (non-hydrogen) atoms. The summed E-state index contributed by atoms with van der Waals surface area (Å²) in [4.78, 5) is 25.4. The fraction of sp³-hybridized carbons (Fsp3) is 0.833. The predicted molar refractivity (Wildman–Crippen MR) is 109 cm³/mol. The Balaban J connectivity index is 1.42. The molecular weight excluding hydrogens is 348 g/mol. The van der Waals surface area contributed by atoms with Gasteiger partial charge < -0.3 is 10.6 Å². The second-order valence-corrected chi connectivity index (χ2v) is 11.9. The minimum absolute atomic E-state index is 0.114. The van der Waals surface area contributed by atoms with E-state index in [2.05, 4.69) is 45.3 Å². The number of carbonyl (C=O) groups excluding carboxylic acids is 2. The molecule has 0 spiro atoms. The first kappa shape index (κ1) is 18.7. The normalized spacial score (nSPS) is 49.0. The number of carbonyl (C=O) groups is 2. The second-order valence-electron chi connectivity index (χ2n) is 11.9. The highest BCUT2D eigenvalue weighted by Crippen LogP contribution is 2.69. The van der Waals surface area contributed by atoms with Gasteiger partial charge in [0.15, 0.2) is 5.78 Å². The van der Waals surface area contributed by atoms with E-state index in [0.717, 1.165) is 25.8 Å². The standard InChI is InChI=1S/C24H36N2O2/c1-22(2,3)26-21(28)17-7-6-15-14-12-25-20-11-19(27)13-10-18(13)24(20,5)16(14)8-9-23(15,17)4/h11,13-18,25H,6-10,12H2,1-5H3,(H,26,28)/t13?,14-,15-,16-,17+,18?,23-,24-/m0/s1. The maximum absolute atomic E-state index is 13.1. The van der Waals surface area contributed by atoms with Crippen LogP contribution in [0.3, 0.4) is 0 Å². The van der Waals surface area contributed by atoms with Crippen molar-refractivity contribution in [2.24, 2.45) is 46.3 Å². The summed E-state index contributed by atoms with van der Waals surface area (Å²) in [5.41, 5.74) is 1.32. The summed E-state index contributed by atoms with van der Waals surface area (Å²) >= 11 is 0. The van der Waals surface area contributed by atoms with Gasteiger partial charge in [0, 0.05) is 41.1 Å². The Labute approximate surface area is 169 Å². The number of nitrogens with one attached hydrogen (secondary N) is 2. The Morgan fingerprint density at radius 3 is 2.61 bits per heavy atom. The van der Waals surface area contributed by atoms with Crippen molar-refractivity contribution >= 4 is 11.7 Å². The highest BCUT2D eigenvalue weighted by Gasteiger charge is 2.66. The molecule has 4 nitrogen and oxygen atoms in total. The minimum atomic E-state index is -0.169. The number of amides is 1. The molecule has 154 valence electrons. The van der Waals surface area contributed by atoms with Gasteiger partial charge in [-0.25, -0.2) is 0 Å². The van der Waals surface area contributed by atoms with Gasteiger partial charge in [-0.05, 0) is 82.0 Å². The summed E-state index contributed by atoms with van der Waals surface area (Å²) in [6, 6.07) is 0. The largest absolute Gasteiger partial charge is 0.387 e. The van der Waals surface area contributed by atoms with Crippen LogP contribution < -0.4 is 10.6 Å². The number of ketones is 1. The zero-order chi connectivity index (χ0) is 20.1. The first-order valence-corrected chi connectivity index (χ1v) is 11.4. The predicted octanol–water partition coefficient (Wildman–Crippen LogP) is 3.67. The lowest BCUT2D eigenvalue weighted by molar-refractivity contribution is -0.134. The lowest BCUT2D eigenvalue weighted by atomic mass is 9.49. The van der Waals surface area contributed by atoms with E-state index in [1.807, 2.05) is 6.08 Å². The highest BCUT2D eigenvalue weighted by molar-refractivity contribution is 5.96. The average molecular weight is 385 g/mol. The Kier molecular flexibility index (Phi) is 3.76. The summed E-state index contributed by atoms with van der Waals surface area (Å²) in [6.07, 6.45) is 7.56. The van der Waals surface area contributed by atoms with E-state index in [9.17, 15) is 9.59 Å². The van der Waals surface area contributed by atoms with Crippen LogP contribution in [0.1, 0.15) is 66.7 Å². The lowest BCUT2D eigenvalue weighted by Crippen LogP contribution is -2.58. The van der Waals surface area contributed by atoms with E-state index >= 15 is 0 Å². The summed E-state index contributed by atoms with van der Waals surface area (Å²) in [7, 11) is 0. The number of fused-ring (bicyclic) bond motifs is 7. The maximum atomic E-state index is 13.1. The molecule has 0 aromatic rings. The molecule has 4 heteroatoms. The van der Waals surface area contributed by atoms with Crippen LogP contribution in [0, 0.1) is 46.3 Å². The molecule has 1 saturated heterocycles. The van der Waals surface area contributed by atoms with E-state index in [4.69, 9.17) is 0 Å². The molecule has 2 N–H and O–H groups in total. The van der Waals surface area contributed by atoms with Gasteiger partial charge in [0.2, 0.25) is 5.91 Å². The first-order chi connectivity index (χ1) is 13.1. The van der Waals surface area contributed by atoms with Crippen molar-refractivity contribution in [3.8, 4) is 0 Å². The second kappa shape index (κ2) is 5.64. The van der Waals surface area contributed by atoms with Crippen LogP contribution in [0.4, 0.5) is 0 Å². The van der Waals surface area contributed by atoms with E-state index in [1.165, 1.54) is 18.5 Å². The van der Waals surface area contributed by atoms with Gasteiger partial charge in [0.05, 0.1) is 0 Å². The molecule has 3 saturated carbocycles. The van der Waals surface area contributed by atoms with Crippen LogP contribution >= 0.6 is 0 Å². The molecule has 1 heterocycles. The SMILES string of the molecule is CC(C)(C)NC(=O)[C@H]1CC[C@H]2[C@@H]3CNC4=CC(=O)C5CC5[C@]4(C)[C@H]3CC[C@]12C. The third-order valence-corrected chi connectivity index (χ3v) is 9.34. The van der Waals surface area contributed by atoms with Crippen LogP contribution in [-0.4, -0.2) is 23.8 Å². The van der Waals surface area contributed by atoms with Crippen molar-refractivity contribution < 1.29 is 9.59 Å². The minimum Gasteiger partial charge on any atom is -0.387 e. The zero-order valence-corrected chi connectivity index (χ0v) is 18.1. The van der Waals surface area contributed by atoms with E-state index in [1.54, 1.807) is 0 Å². The Hall–Kier alpha value is -1.32. The average Bonchev–Trinajstić information content (AvgIpc) is 3.32. The van der Waals surface area contributed by atoms with Crippen molar-refractivity contribution in [3.63, 3.8) is 0 Å². The van der Waals surface area contributed by atoms with E-state index < -0.39 is 0 Å². The molecule has 0 aromatic carbocycles. The summed E-state index contributed by atoms with van der Waals surface area (Å²) in [5.74, 6) is 3.49. The summed E-state index contributed by atoms with van der Waals surface area (Å²) < 4.78 is 0. The molecule has 0 aromatic heterocycles.